The van der Waals surface area contributed by atoms with E-state index in [1.807, 2.05) is 31.3 Å². The highest BCUT2D eigenvalue weighted by atomic mass is 32.2. The highest BCUT2D eigenvalue weighted by Crippen LogP contribution is 2.27. The summed E-state index contributed by atoms with van der Waals surface area (Å²) in [6.45, 7) is 4.08. The van der Waals surface area contributed by atoms with Crippen molar-refractivity contribution in [2.24, 2.45) is 0 Å². The van der Waals surface area contributed by atoms with Gasteiger partial charge < -0.3 is 11.1 Å². The summed E-state index contributed by atoms with van der Waals surface area (Å²) in [4.78, 5) is 9.27. The van der Waals surface area contributed by atoms with Gasteiger partial charge in [0.1, 0.15) is 11.5 Å². The first kappa shape index (κ1) is 20.0. The van der Waals surface area contributed by atoms with Crippen LogP contribution in [0.5, 0.6) is 0 Å². The molecule has 0 saturated heterocycles. The van der Waals surface area contributed by atoms with E-state index in [1.165, 1.54) is 0 Å². The van der Waals surface area contributed by atoms with Crippen molar-refractivity contribution < 1.29 is 8.42 Å². The second-order valence-corrected chi connectivity index (χ2v) is 9.34. The van der Waals surface area contributed by atoms with Gasteiger partial charge in [-0.1, -0.05) is 30.3 Å². The zero-order valence-electron chi connectivity index (χ0n) is 16.2. The summed E-state index contributed by atoms with van der Waals surface area (Å²) in [6, 6.07) is 14.7. The van der Waals surface area contributed by atoms with Crippen molar-refractivity contribution in [3.8, 4) is 22.5 Å². The monoisotopic (exact) mass is 396 g/mol. The zero-order valence-corrected chi connectivity index (χ0v) is 17.0. The lowest BCUT2D eigenvalue weighted by atomic mass is 10.1. The summed E-state index contributed by atoms with van der Waals surface area (Å²) in [6.07, 6.45) is 1.60. The van der Waals surface area contributed by atoms with Crippen molar-refractivity contribution in [3.63, 3.8) is 0 Å². The normalized spacial score (nSPS) is 11.7. The number of anilines is 1. The number of nitrogens with zero attached hydrogens (tertiary/aromatic N) is 2. The van der Waals surface area contributed by atoms with Gasteiger partial charge in [0.05, 0.1) is 22.0 Å². The molecule has 0 aliphatic heterocycles. The van der Waals surface area contributed by atoms with Crippen molar-refractivity contribution >= 4 is 15.7 Å². The summed E-state index contributed by atoms with van der Waals surface area (Å²) in [5.41, 5.74) is 10.1. The van der Waals surface area contributed by atoms with Crippen LogP contribution in [0.25, 0.3) is 22.5 Å². The van der Waals surface area contributed by atoms with Crippen LogP contribution in [0.3, 0.4) is 0 Å². The second-order valence-electron chi connectivity index (χ2n) is 6.84. The predicted molar refractivity (Wildman–Crippen MR) is 112 cm³/mol. The van der Waals surface area contributed by atoms with Crippen molar-refractivity contribution in [1.82, 2.24) is 15.3 Å². The number of hydrogen-bond acceptors (Lipinski definition) is 6. The molecule has 3 N–H and O–H groups in total. The average molecular weight is 397 g/mol. The molecule has 0 bridgehead atoms. The Bertz CT molecular complexity index is 1080. The van der Waals surface area contributed by atoms with Crippen LogP contribution in [-0.2, 0) is 16.4 Å². The summed E-state index contributed by atoms with van der Waals surface area (Å²) in [7, 11) is -1.41. The maximum atomic E-state index is 12.3. The Morgan fingerprint density at radius 1 is 1.07 bits per heavy atom. The lowest BCUT2D eigenvalue weighted by Crippen LogP contribution is -2.13. The number of aromatic nitrogens is 2. The highest BCUT2D eigenvalue weighted by molar-refractivity contribution is 7.92. The first-order valence-electron chi connectivity index (χ1n) is 9.03. The first-order chi connectivity index (χ1) is 13.3. The van der Waals surface area contributed by atoms with Gasteiger partial charge in [-0.3, -0.25) is 0 Å². The summed E-state index contributed by atoms with van der Waals surface area (Å²) >= 11 is 0. The smallest absolute Gasteiger partial charge is 0.180 e. The summed E-state index contributed by atoms with van der Waals surface area (Å²) in [5.74, 6) is 0.351. The Morgan fingerprint density at radius 2 is 1.79 bits per heavy atom. The van der Waals surface area contributed by atoms with Crippen LogP contribution in [0.4, 0.5) is 5.82 Å². The minimum atomic E-state index is -3.31. The minimum absolute atomic E-state index is 0.301. The minimum Gasteiger partial charge on any atom is -0.382 e. The third-order valence-electron chi connectivity index (χ3n) is 4.48. The Balaban J connectivity index is 1.99. The number of nitrogens with two attached hydrogens (primary N) is 1. The molecule has 0 unspecified atom stereocenters. The van der Waals surface area contributed by atoms with Gasteiger partial charge in [-0.25, -0.2) is 18.4 Å². The Kier molecular flexibility index (Phi) is 5.76. The number of benzene rings is 2. The zero-order chi connectivity index (χ0) is 20.3. The van der Waals surface area contributed by atoms with Crippen LogP contribution in [0.2, 0.25) is 0 Å². The highest BCUT2D eigenvalue weighted by Gasteiger charge is 2.19. The van der Waals surface area contributed by atoms with Crippen molar-refractivity contribution in [2.75, 3.05) is 12.8 Å². The van der Waals surface area contributed by atoms with Gasteiger partial charge in [0.25, 0.3) is 0 Å². The number of sulfone groups is 1. The SMILES string of the molecule is CNCc1cccc(-c2nc(-c3ccc(S(=O)(=O)C(C)C)cc3)cnc2N)c1. The van der Waals surface area contributed by atoms with E-state index < -0.39 is 15.1 Å². The van der Waals surface area contributed by atoms with Gasteiger partial charge in [0, 0.05) is 17.7 Å². The van der Waals surface area contributed by atoms with Crippen molar-refractivity contribution in [2.45, 2.75) is 30.5 Å². The fraction of sp³-hybridized carbons (Fsp3) is 0.238. The van der Waals surface area contributed by atoms with Gasteiger partial charge in [-0.2, -0.15) is 0 Å². The number of rotatable bonds is 6. The topological polar surface area (TPSA) is 98.0 Å². The van der Waals surface area contributed by atoms with Crippen LogP contribution in [0, 0.1) is 0 Å². The molecule has 0 aliphatic rings. The van der Waals surface area contributed by atoms with E-state index in [1.54, 1.807) is 44.3 Å². The van der Waals surface area contributed by atoms with E-state index in [2.05, 4.69) is 15.3 Å². The summed E-state index contributed by atoms with van der Waals surface area (Å²) < 4.78 is 24.6. The third-order valence-corrected chi connectivity index (χ3v) is 6.65. The van der Waals surface area contributed by atoms with Gasteiger partial charge in [0.15, 0.2) is 9.84 Å². The van der Waals surface area contributed by atoms with Crippen molar-refractivity contribution in [1.29, 1.82) is 0 Å². The molecular formula is C21H24N4O2S. The fourth-order valence-corrected chi connectivity index (χ4v) is 3.93. The van der Waals surface area contributed by atoms with Crippen LogP contribution < -0.4 is 11.1 Å². The number of nitrogens with one attached hydrogen (secondary N) is 1. The molecule has 0 fully saturated rings. The van der Waals surface area contributed by atoms with Crippen LogP contribution in [0.15, 0.2) is 59.6 Å². The molecule has 0 aliphatic carbocycles. The molecule has 0 saturated carbocycles. The number of nitrogen functional groups attached to an aromatic ring is 1. The molecule has 7 heteroatoms. The Morgan fingerprint density at radius 3 is 2.43 bits per heavy atom. The predicted octanol–water partition coefficient (Wildman–Crippen LogP) is 3.29. The third kappa shape index (κ3) is 4.05. The lowest BCUT2D eigenvalue weighted by Gasteiger charge is -2.10. The van der Waals surface area contributed by atoms with Crippen molar-refractivity contribution in [3.05, 3.63) is 60.3 Å². The van der Waals surface area contributed by atoms with E-state index in [9.17, 15) is 8.42 Å². The fourth-order valence-electron chi connectivity index (χ4n) is 2.87. The standard InChI is InChI=1S/C21H24N4O2S/c1-14(2)28(26,27)18-9-7-16(8-10-18)19-13-24-21(22)20(25-19)17-6-4-5-15(11-17)12-23-3/h4-11,13-14,23H,12H2,1-3H3,(H2,22,24). The van der Waals surface area contributed by atoms with E-state index in [-0.39, 0.29) is 0 Å². The molecular weight excluding hydrogens is 372 g/mol. The largest absolute Gasteiger partial charge is 0.382 e. The van der Waals surface area contributed by atoms with Gasteiger partial charge in [-0.05, 0) is 44.7 Å². The lowest BCUT2D eigenvalue weighted by molar-refractivity contribution is 0.587. The van der Waals surface area contributed by atoms with Gasteiger partial charge in [-0.15, -0.1) is 0 Å². The van der Waals surface area contributed by atoms with E-state index in [0.717, 1.165) is 23.2 Å². The molecule has 0 amide bonds. The molecule has 6 nitrogen and oxygen atoms in total. The molecule has 3 aromatic rings. The van der Waals surface area contributed by atoms with Crippen LogP contribution in [0.1, 0.15) is 19.4 Å². The molecule has 3 rings (SSSR count). The quantitative estimate of drug-likeness (QED) is 0.663. The second kappa shape index (κ2) is 8.08. The van der Waals surface area contributed by atoms with E-state index in [4.69, 9.17) is 5.73 Å². The van der Waals surface area contributed by atoms with Crippen LogP contribution in [-0.4, -0.2) is 30.7 Å². The maximum absolute atomic E-state index is 12.3. The molecule has 0 spiro atoms. The number of hydrogen-bond donors (Lipinski definition) is 2. The average Bonchev–Trinajstić information content (AvgIpc) is 2.69. The Labute approximate surface area is 165 Å². The Hall–Kier alpha value is -2.77. The molecule has 28 heavy (non-hydrogen) atoms. The van der Waals surface area contributed by atoms with E-state index in [0.29, 0.717) is 22.1 Å². The first-order valence-corrected chi connectivity index (χ1v) is 10.6. The van der Waals surface area contributed by atoms with Crippen LogP contribution >= 0.6 is 0 Å². The molecule has 146 valence electrons. The molecule has 2 aromatic carbocycles. The maximum Gasteiger partial charge on any atom is 0.180 e. The molecule has 1 heterocycles. The molecule has 0 atom stereocenters. The van der Waals surface area contributed by atoms with E-state index >= 15 is 0 Å². The molecule has 0 radical (unpaired) electrons. The molecule has 1 aromatic heterocycles. The van der Waals surface area contributed by atoms with Gasteiger partial charge >= 0.3 is 0 Å². The summed E-state index contributed by atoms with van der Waals surface area (Å²) in [5, 5.41) is 2.66. The van der Waals surface area contributed by atoms with Gasteiger partial charge in [0.2, 0.25) is 0 Å².